The molecule has 3 heteroatoms. The van der Waals surface area contributed by atoms with Crippen molar-refractivity contribution in [3.8, 4) is 0 Å². The number of anilines is 1. The van der Waals surface area contributed by atoms with Crippen LogP contribution in [0.4, 0.5) is 5.82 Å². The Balaban J connectivity index is 1.88. The molecule has 1 atom stereocenters. The fourth-order valence-electron chi connectivity index (χ4n) is 2.08. The van der Waals surface area contributed by atoms with Crippen LogP contribution in [0.25, 0.3) is 0 Å². The van der Waals surface area contributed by atoms with E-state index in [1.807, 2.05) is 16.9 Å². The van der Waals surface area contributed by atoms with Gasteiger partial charge in [0.2, 0.25) is 0 Å². The van der Waals surface area contributed by atoms with Gasteiger partial charge in [-0.3, -0.25) is 0 Å². The number of aromatic nitrogens is 2. The van der Waals surface area contributed by atoms with Crippen LogP contribution in [0.2, 0.25) is 0 Å². The molecule has 0 amide bonds. The number of nitrogens with one attached hydrogen (secondary N) is 1. The van der Waals surface area contributed by atoms with Crippen molar-refractivity contribution >= 4 is 5.82 Å². The van der Waals surface area contributed by atoms with Gasteiger partial charge in [-0.15, -0.1) is 0 Å². The zero-order valence-corrected chi connectivity index (χ0v) is 8.43. The SMILES string of the molecule is c1ccc(C2CNc3ccnn3C2)cc1. The molecule has 1 aliphatic heterocycles. The Hall–Kier alpha value is -1.77. The second-order valence-electron chi connectivity index (χ2n) is 3.89. The molecule has 0 aliphatic carbocycles. The van der Waals surface area contributed by atoms with Gasteiger partial charge < -0.3 is 5.32 Å². The van der Waals surface area contributed by atoms with E-state index >= 15 is 0 Å². The minimum Gasteiger partial charge on any atom is -0.370 e. The zero-order chi connectivity index (χ0) is 10.1. The van der Waals surface area contributed by atoms with E-state index in [0.717, 1.165) is 18.9 Å². The summed E-state index contributed by atoms with van der Waals surface area (Å²) in [6.07, 6.45) is 1.84. The van der Waals surface area contributed by atoms with E-state index < -0.39 is 0 Å². The molecule has 1 aromatic carbocycles. The molecular weight excluding hydrogens is 186 g/mol. The summed E-state index contributed by atoms with van der Waals surface area (Å²) in [6, 6.07) is 12.6. The minimum atomic E-state index is 0.526. The van der Waals surface area contributed by atoms with Crippen LogP contribution in [-0.2, 0) is 6.54 Å². The molecule has 0 saturated heterocycles. The Labute approximate surface area is 88.7 Å². The Morgan fingerprint density at radius 1 is 1.20 bits per heavy atom. The van der Waals surface area contributed by atoms with Gasteiger partial charge >= 0.3 is 0 Å². The topological polar surface area (TPSA) is 29.9 Å². The Bertz CT molecular complexity index is 447. The summed E-state index contributed by atoms with van der Waals surface area (Å²) >= 11 is 0. The predicted octanol–water partition coefficient (Wildman–Crippen LogP) is 2.09. The number of hydrogen-bond acceptors (Lipinski definition) is 2. The first-order chi connectivity index (χ1) is 7.43. The normalized spacial score (nSPS) is 19.3. The summed E-state index contributed by atoms with van der Waals surface area (Å²) in [5, 5.41) is 7.68. The van der Waals surface area contributed by atoms with Crippen LogP contribution < -0.4 is 5.32 Å². The van der Waals surface area contributed by atoms with Gasteiger partial charge in [-0.25, -0.2) is 4.68 Å². The van der Waals surface area contributed by atoms with Gasteiger partial charge in [-0.1, -0.05) is 30.3 Å². The minimum absolute atomic E-state index is 0.526. The van der Waals surface area contributed by atoms with Crippen molar-refractivity contribution in [3.05, 3.63) is 48.2 Å². The second-order valence-corrected chi connectivity index (χ2v) is 3.89. The molecule has 1 unspecified atom stereocenters. The first-order valence-corrected chi connectivity index (χ1v) is 5.24. The first-order valence-electron chi connectivity index (χ1n) is 5.24. The van der Waals surface area contributed by atoms with E-state index in [2.05, 4.69) is 40.7 Å². The molecule has 0 spiro atoms. The number of hydrogen-bond donors (Lipinski definition) is 1. The van der Waals surface area contributed by atoms with Crippen molar-refractivity contribution in [3.63, 3.8) is 0 Å². The standard InChI is InChI=1S/C12H13N3/c1-2-4-10(5-3-1)11-8-13-12-6-7-14-15(12)9-11/h1-7,11,13H,8-9H2. The van der Waals surface area contributed by atoms with E-state index in [1.165, 1.54) is 5.56 Å². The molecule has 0 saturated carbocycles. The number of fused-ring (bicyclic) bond motifs is 1. The van der Waals surface area contributed by atoms with E-state index in [9.17, 15) is 0 Å². The molecule has 2 heterocycles. The smallest absolute Gasteiger partial charge is 0.124 e. The van der Waals surface area contributed by atoms with Crippen LogP contribution in [0, 0.1) is 0 Å². The Morgan fingerprint density at radius 3 is 2.93 bits per heavy atom. The highest BCUT2D eigenvalue weighted by atomic mass is 15.3. The largest absolute Gasteiger partial charge is 0.370 e. The van der Waals surface area contributed by atoms with Crippen molar-refractivity contribution in [1.29, 1.82) is 0 Å². The molecule has 0 bridgehead atoms. The number of benzene rings is 1. The van der Waals surface area contributed by atoms with Crippen molar-refractivity contribution in [1.82, 2.24) is 9.78 Å². The molecule has 1 N–H and O–H groups in total. The number of rotatable bonds is 1. The van der Waals surface area contributed by atoms with Gasteiger partial charge in [0.25, 0.3) is 0 Å². The molecule has 1 aromatic heterocycles. The number of nitrogens with zero attached hydrogens (tertiary/aromatic N) is 2. The van der Waals surface area contributed by atoms with Crippen LogP contribution in [0.15, 0.2) is 42.6 Å². The first kappa shape index (κ1) is 8.53. The highest BCUT2D eigenvalue weighted by Crippen LogP contribution is 2.24. The van der Waals surface area contributed by atoms with Crippen LogP contribution in [0.5, 0.6) is 0 Å². The molecule has 2 aromatic rings. The predicted molar refractivity (Wildman–Crippen MR) is 59.9 cm³/mol. The summed E-state index contributed by atoms with van der Waals surface area (Å²) in [7, 11) is 0. The monoisotopic (exact) mass is 199 g/mol. The summed E-state index contributed by atoms with van der Waals surface area (Å²) in [5.41, 5.74) is 1.38. The highest BCUT2D eigenvalue weighted by Gasteiger charge is 2.18. The van der Waals surface area contributed by atoms with Gasteiger partial charge in [0.05, 0.1) is 12.7 Å². The average Bonchev–Trinajstić information content (AvgIpc) is 2.77. The van der Waals surface area contributed by atoms with E-state index in [0.29, 0.717) is 5.92 Å². The van der Waals surface area contributed by atoms with E-state index in [4.69, 9.17) is 0 Å². The quantitative estimate of drug-likeness (QED) is 0.762. The Kier molecular flexibility index (Phi) is 1.95. The van der Waals surface area contributed by atoms with Gasteiger partial charge in [0.1, 0.15) is 5.82 Å². The molecular formula is C12H13N3. The molecule has 3 rings (SSSR count). The summed E-state index contributed by atoms with van der Waals surface area (Å²) < 4.78 is 2.03. The van der Waals surface area contributed by atoms with E-state index in [1.54, 1.807) is 0 Å². The molecule has 0 fully saturated rings. The molecule has 1 aliphatic rings. The fraction of sp³-hybridized carbons (Fsp3) is 0.250. The molecule has 76 valence electrons. The third kappa shape index (κ3) is 1.50. The van der Waals surface area contributed by atoms with Gasteiger partial charge in [-0.05, 0) is 5.56 Å². The lowest BCUT2D eigenvalue weighted by atomic mass is 9.98. The van der Waals surface area contributed by atoms with Crippen molar-refractivity contribution in [2.75, 3.05) is 11.9 Å². The lowest BCUT2D eigenvalue weighted by Crippen LogP contribution is -2.26. The van der Waals surface area contributed by atoms with Crippen LogP contribution >= 0.6 is 0 Å². The molecule has 0 radical (unpaired) electrons. The van der Waals surface area contributed by atoms with Gasteiger partial charge in [-0.2, -0.15) is 5.10 Å². The molecule has 3 nitrogen and oxygen atoms in total. The van der Waals surface area contributed by atoms with Crippen LogP contribution in [-0.4, -0.2) is 16.3 Å². The molecule has 15 heavy (non-hydrogen) atoms. The highest BCUT2D eigenvalue weighted by molar-refractivity contribution is 5.37. The maximum absolute atomic E-state index is 4.29. The maximum Gasteiger partial charge on any atom is 0.124 e. The third-order valence-corrected chi connectivity index (χ3v) is 2.91. The summed E-state index contributed by atoms with van der Waals surface area (Å²) in [4.78, 5) is 0. The van der Waals surface area contributed by atoms with Crippen molar-refractivity contribution in [2.24, 2.45) is 0 Å². The second kappa shape index (κ2) is 3.42. The lowest BCUT2D eigenvalue weighted by molar-refractivity contribution is 0.505. The lowest BCUT2D eigenvalue weighted by Gasteiger charge is -2.25. The van der Waals surface area contributed by atoms with Crippen LogP contribution in [0.1, 0.15) is 11.5 Å². The zero-order valence-electron chi connectivity index (χ0n) is 8.43. The van der Waals surface area contributed by atoms with E-state index in [-0.39, 0.29) is 0 Å². The van der Waals surface area contributed by atoms with Crippen molar-refractivity contribution < 1.29 is 0 Å². The third-order valence-electron chi connectivity index (χ3n) is 2.91. The van der Waals surface area contributed by atoms with Gasteiger partial charge in [0.15, 0.2) is 0 Å². The summed E-state index contributed by atoms with van der Waals surface area (Å²) in [5.74, 6) is 1.65. The average molecular weight is 199 g/mol. The van der Waals surface area contributed by atoms with Crippen LogP contribution in [0.3, 0.4) is 0 Å². The Morgan fingerprint density at radius 2 is 2.07 bits per heavy atom. The van der Waals surface area contributed by atoms with Gasteiger partial charge in [0, 0.05) is 18.5 Å². The maximum atomic E-state index is 4.29. The summed E-state index contributed by atoms with van der Waals surface area (Å²) in [6.45, 7) is 1.97. The fourth-order valence-corrected chi connectivity index (χ4v) is 2.08. The van der Waals surface area contributed by atoms with Crippen molar-refractivity contribution in [2.45, 2.75) is 12.5 Å².